The van der Waals surface area contributed by atoms with E-state index in [1.54, 1.807) is 0 Å². The van der Waals surface area contributed by atoms with Gasteiger partial charge in [0.1, 0.15) is 0 Å². The number of fused-ring (bicyclic) bond motifs is 3. The first-order valence-corrected chi connectivity index (χ1v) is 14.3. The van der Waals surface area contributed by atoms with E-state index in [0.29, 0.717) is 17.5 Å². The molecule has 0 atom stereocenters. The van der Waals surface area contributed by atoms with Gasteiger partial charge < -0.3 is 0 Å². The van der Waals surface area contributed by atoms with Crippen LogP contribution in [0.5, 0.6) is 0 Å². The van der Waals surface area contributed by atoms with Gasteiger partial charge in [-0.1, -0.05) is 152 Å². The molecule has 4 aromatic rings. The van der Waals surface area contributed by atoms with Gasteiger partial charge in [-0.05, 0) is 67.5 Å². The standard InChI is InChI=1S/C37H43B/c1-35(2,3)36(4,5)21-22-38(8)30-16-12-15-28(24-30)26-13-11-14-27(23-26)29-19-20-32-31-17-9-10-18-33(31)37(6,7)34(32)25-29/h9-20,23-25H,21-22H2,1-8H3. The summed E-state index contributed by atoms with van der Waals surface area (Å²) in [6.45, 7) is 19.6. The highest BCUT2D eigenvalue weighted by molar-refractivity contribution is 6.72. The number of rotatable bonds is 6. The van der Waals surface area contributed by atoms with Crippen LogP contribution in [0.25, 0.3) is 33.4 Å². The minimum Gasteiger partial charge on any atom is -0.0817 e. The molecule has 0 radical (unpaired) electrons. The Hall–Kier alpha value is -3.06. The van der Waals surface area contributed by atoms with Crippen LogP contribution in [0, 0.1) is 10.8 Å². The lowest BCUT2D eigenvalue weighted by Crippen LogP contribution is -2.33. The van der Waals surface area contributed by atoms with Crippen molar-refractivity contribution in [1.82, 2.24) is 0 Å². The molecule has 5 rings (SSSR count). The quantitative estimate of drug-likeness (QED) is 0.232. The Balaban J connectivity index is 1.41. The fraction of sp³-hybridized carbons (Fsp3) is 0.351. The van der Waals surface area contributed by atoms with Crippen LogP contribution in [0.2, 0.25) is 13.1 Å². The number of hydrogen-bond acceptors (Lipinski definition) is 0. The number of hydrogen-bond donors (Lipinski definition) is 0. The maximum Gasteiger partial charge on any atom is 0.172 e. The molecular weight excluding hydrogens is 455 g/mol. The van der Waals surface area contributed by atoms with Gasteiger partial charge in [0, 0.05) is 5.41 Å². The molecule has 0 N–H and O–H groups in total. The molecule has 0 aromatic heterocycles. The molecule has 1 aliphatic carbocycles. The van der Waals surface area contributed by atoms with Crippen molar-refractivity contribution in [2.24, 2.45) is 10.8 Å². The van der Waals surface area contributed by atoms with E-state index in [1.165, 1.54) is 62.7 Å². The number of benzene rings is 4. The second-order valence-corrected chi connectivity index (χ2v) is 13.7. The maximum absolute atomic E-state index is 2.42. The van der Waals surface area contributed by atoms with Crippen LogP contribution in [-0.2, 0) is 5.41 Å². The van der Waals surface area contributed by atoms with Crippen molar-refractivity contribution in [2.45, 2.75) is 73.4 Å². The first kappa shape index (κ1) is 26.5. The molecule has 194 valence electrons. The lowest BCUT2D eigenvalue weighted by atomic mass is 9.42. The van der Waals surface area contributed by atoms with E-state index in [1.807, 2.05) is 0 Å². The Bertz CT molecular complexity index is 1460. The van der Waals surface area contributed by atoms with Crippen molar-refractivity contribution < 1.29 is 0 Å². The highest BCUT2D eigenvalue weighted by Crippen LogP contribution is 2.49. The molecule has 0 nitrogen and oxygen atoms in total. The fourth-order valence-corrected chi connectivity index (χ4v) is 5.91. The highest BCUT2D eigenvalue weighted by Gasteiger charge is 2.35. The van der Waals surface area contributed by atoms with Gasteiger partial charge >= 0.3 is 0 Å². The molecule has 0 fully saturated rings. The van der Waals surface area contributed by atoms with Crippen molar-refractivity contribution in [3.05, 3.63) is 102 Å². The van der Waals surface area contributed by atoms with Crippen LogP contribution < -0.4 is 5.46 Å². The van der Waals surface area contributed by atoms with Gasteiger partial charge in [-0.2, -0.15) is 0 Å². The Morgan fingerprint density at radius 2 is 1.18 bits per heavy atom. The van der Waals surface area contributed by atoms with E-state index in [9.17, 15) is 0 Å². The summed E-state index contributed by atoms with van der Waals surface area (Å²) in [6, 6.07) is 34.2. The molecule has 0 amide bonds. The maximum atomic E-state index is 2.42. The van der Waals surface area contributed by atoms with Crippen LogP contribution >= 0.6 is 0 Å². The minimum atomic E-state index is 0.0194. The van der Waals surface area contributed by atoms with E-state index in [2.05, 4.69) is 146 Å². The average molecular weight is 499 g/mol. The fourth-order valence-electron chi connectivity index (χ4n) is 5.91. The summed E-state index contributed by atoms with van der Waals surface area (Å²) in [6.07, 6.45) is 2.44. The van der Waals surface area contributed by atoms with Crippen molar-refractivity contribution in [2.75, 3.05) is 0 Å². The largest absolute Gasteiger partial charge is 0.172 e. The van der Waals surface area contributed by atoms with Gasteiger partial charge in [-0.25, -0.2) is 0 Å². The van der Waals surface area contributed by atoms with E-state index < -0.39 is 0 Å². The Morgan fingerprint density at radius 3 is 1.87 bits per heavy atom. The summed E-state index contributed by atoms with van der Waals surface area (Å²) in [4.78, 5) is 0. The van der Waals surface area contributed by atoms with E-state index in [0.717, 1.165) is 0 Å². The minimum absolute atomic E-state index is 0.0194. The molecule has 38 heavy (non-hydrogen) atoms. The molecule has 0 heterocycles. The molecule has 1 aliphatic rings. The lowest BCUT2D eigenvalue weighted by molar-refractivity contribution is 0.126. The molecule has 0 aliphatic heterocycles. The van der Waals surface area contributed by atoms with Crippen LogP contribution in [0.4, 0.5) is 0 Å². The molecule has 1 heteroatoms. The van der Waals surface area contributed by atoms with E-state index in [4.69, 9.17) is 0 Å². The normalized spacial score (nSPS) is 14.2. The summed E-state index contributed by atoms with van der Waals surface area (Å²) in [5, 5.41) is 0. The summed E-state index contributed by atoms with van der Waals surface area (Å²) < 4.78 is 0. The molecule has 4 aromatic carbocycles. The molecule has 0 saturated heterocycles. The first-order valence-electron chi connectivity index (χ1n) is 14.3. The molecule has 0 bridgehead atoms. The molecule has 0 spiro atoms. The average Bonchev–Trinajstić information content (AvgIpc) is 3.13. The second-order valence-electron chi connectivity index (χ2n) is 13.7. The zero-order valence-corrected chi connectivity index (χ0v) is 24.7. The van der Waals surface area contributed by atoms with Gasteiger partial charge in [0.05, 0.1) is 0 Å². The summed E-state index contributed by atoms with van der Waals surface area (Å²) >= 11 is 0. The summed E-state index contributed by atoms with van der Waals surface area (Å²) in [7, 11) is 0. The van der Waals surface area contributed by atoms with E-state index in [-0.39, 0.29) is 5.41 Å². The van der Waals surface area contributed by atoms with Gasteiger partial charge in [-0.3, -0.25) is 0 Å². The first-order chi connectivity index (χ1) is 17.9. The molecular formula is C37H43B. The molecule has 0 unspecified atom stereocenters. The summed E-state index contributed by atoms with van der Waals surface area (Å²) in [5.74, 6) is 0. The van der Waals surface area contributed by atoms with Crippen LogP contribution in [0.3, 0.4) is 0 Å². The summed E-state index contributed by atoms with van der Waals surface area (Å²) in [5.41, 5.74) is 12.9. The van der Waals surface area contributed by atoms with Crippen LogP contribution in [0.1, 0.15) is 66.0 Å². The zero-order chi connectivity index (χ0) is 27.3. The third-order valence-electron chi connectivity index (χ3n) is 9.80. The SMILES string of the molecule is CB(CCC(C)(C)C(C)(C)C)c1cccc(-c2cccc(-c3ccc4c(c3)C(C)(C)c3ccccc3-4)c2)c1. The Labute approximate surface area is 231 Å². The van der Waals surface area contributed by atoms with E-state index >= 15 is 0 Å². The Kier molecular flexibility index (Phi) is 6.71. The van der Waals surface area contributed by atoms with Crippen LogP contribution in [0.15, 0.2) is 91.0 Å². The van der Waals surface area contributed by atoms with Gasteiger partial charge in [0.25, 0.3) is 0 Å². The smallest absolute Gasteiger partial charge is 0.0817 e. The van der Waals surface area contributed by atoms with Crippen LogP contribution in [-0.4, -0.2) is 6.71 Å². The second kappa shape index (κ2) is 9.60. The Morgan fingerprint density at radius 1 is 0.605 bits per heavy atom. The van der Waals surface area contributed by atoms with Crippen molar-refractivity contribution in [3.63, 3.8) is 0 Å². The third-order valence-corrected chi connectivity index (χ3v) is 9.80. The zero-order valence-electron chi connectivity index (χ0n) is 24.7. The van der Waals surface area contributed by atoms with Gasteiger partial charge in [-0.15, -0.1) is 0 Å². The third kappa shape index (κ3) is 4.77. The topological polar surface area (TPSA) is 0 Å². The lowest BCUT2D eigenvalue weighted by Gasteiger charge is -2.39. The van der Waals surface area contributed by atoms with Gasteiger partial charge in [0.2, 0.25) is 0 Å². The highest BCUT2D eigenvalue weighted by atomic mass is 14.4. The predicted molar refractivity (Wildman–Crippen MR) is 169 cm³/mol. The monoisotopic (exact) mass is 498 g/mol. The van der Waals surface area contributed by atoms with Crippen molar-refractivity contribution >= 4 is 12.2 Å². The molecule has 0 saturated carbocycles. The predicted octanol–water partition coefficient (Wildman–Crippen LogP) is 10.1. The van der Waals surface area contributed by atoms with Crippen molar-refractivity contribution in [1.29, 1.82) is 0 Å². The van der Waals surface area contributed by atoms with Crippen molar-refractivity contribution in [3.8, 4) is 33.4 Å². The van der Waals surface area contributed by atoms with Gasteiger partial charge in [0.15, 0.2) is 6.71 Å².